The zero-order valence-electron chi connectivity index (χ0n) is 10.7. The predicted octanol–water partition coefficient (Wildman–Crippen LogP) is 5.73. The minimum absolute atomic E-state index is 0.779. The van der Waals surface area contributed by atoms with Crippen LogP contribution in [0.5, 0.6) is 0 Å². The van der Waals surface area contributed by atoms with Crippen molar-refractivity contribution in [2.24, 2.45) is 0 Å². The van der Waals surface area contributed by atoms with E-state index in [0.717, 1.165) is 5.02 Å². The highest BCUT2D eigenvalue weighted by molar-refractivity contribution is 6.30. The summed E-state index contributed by atoms with van der Waals surface area (Å²) in [7, 11) is 0. The maximum Gasteiger partial charge on any atom is 0.0406 e. The molecule has 0 radical (unpaired) electrons. The fourth-order valence-corrected chi connectivity index (χ4v) is 1.51. The molecule has 0 aliphatic carbocycles. The van der Waals surface area contributed by atoms with Gasteiger partial charge >= 0.3 is 0 Å². The molecule has 0 aromatic heterocycles. The molecule has 0 heterocycles. The molecular formula is C16H19Cl. The standard InChI is InChI=1S/C13H11Cl.C3H8/c1-10-2-4-11(5-3-10)12-6-8-13(14)9-7-12;1-3-2/h2-9H,1H3;3H2,1-2H3. The number of rotatable bonds is 1. The van der Waals surface area contributed by atoms with Crippen LogP contribution in [0.1, 0.15) is 25.8 Å². The van der Waals surface area contributed by atoms with Crippen molar-refractivity contribution >= 4 is 11.6 Å². The van der Waals surface area contributed by atoms with E-state index in [2.05, 4.69) is 45.0 Å². The Kier molecular flexibility index (Phi) is 5.79. The second-order valence-corrected chi connectivity index (χ2v) is 4.52. The second kappa shape index (κ2) is 7.13. The Morgan fingerprint density at radius 2 is 1.12 bits per heavy atom. The van der Waals surface area contributed by atoms with Gasteiger partial charge in [0, 0.05) is 5.02 Å². The van der Waals surface area contributed by atoms with Crippen molar-refractivity contribution in [3.05, 3.63) is 59.1 Å². The van der Waals surface area contributed by atoms with Crippen LogP contribution in [0.4, 0.5) is 0 Å². The van der Waals surface area contributed by atoms with Gasteiger partial charge in [0.2, 0.25) is 0 Å². The van der Waals surface area contributed by atoms with Crippen molar-refractivity contribution in [2.45, 2.75) is 27.2 Å². The second-order valence-electron chi connectivity index (χ2n) is 4.08. The van der Waals surface area contributed by atoms with Gasteiger partial charge in [-0.2, -0.15) is 0 Å². The van der Waals surface area contributed by atoms with Crippen LogP contribution in [-0.4, -0.2) is 0 Å². The van der Waals surface area contributed by atoms with Crippen LogP contribution in [0.15, 0.2) is 48.5 Å². The van der Waals surface area contributed by atoms with Gasteiger partial charge in [-0.3, -0.25) is 0 Å². The van der Waals surface area contributed by atoms with Crippen molar-refractivity contribution in [2.75, 3.05) is 0 Å². The van der Waals surface area contributed by atoms with Gasteiger partial charge in [0.25, 0.3) is 0 Å². The molecule has 2 aromatic carbocycles. The first kappa shape index (κ1) is 13.8. The molecule has 2 aromatic rings. The number of benzene rings is 2. The Labute approximate surface area is 109 Å². The number of hydrogen-bond acceptors (Lipinski definition) is 0. The minimum Gasteiger partial charge on any atom is -0.0843 e. The molecule has 0 nitrogen and oxygen atoms in total. The van der Waals surface area contributed by atoms with Crippen LogP contribution in [0, 0.1) is 6.92 Å². The lowest BCUT2D eigenvalue weighted by Gasteiger charge is -2.01. The molecule has 0 atom stereocenters. The van der Waals surface area contributed by atoms with E-state index in [4.69, 9.17) is 11.6 Å². The van der Waals surface area contributed by atoms with E-state index in [1.54, 1.807) is 0 Å². The number of halogens is 1. The normalized spacial score (nSPS) is 9.41. The summed E-state index contributed by atoms with van der Waals surface area (Å²) in [5, 5.41) is 0.779. The largest absolute Gasteiger partial charge is 0.0843 e. The summed E-state index contributed by atoms with van der Waals surface area (Å²) in [5.74, 6) is 0. The van der Waals surface area contributed by atoms with E-state index < -0.39 is 0 Å². The van der Waals surface area contributed by atoms with E-state index >= 15 is 0 Å². The van der Waals surface area contributed by atoms with E-state index in [1.807, 2.05) is 24.3 Å². The third-order valence-corrected chi connectivity index (χ3v) is 2.48. The van der Waals surface area contributed by atoms with E-state index in [9.17, 15) is 0 Å². The van der Waals surface area contributed by atoms with Crippen LogP contribution in [0.3, 0.4) is 0 Å². The summed E-state index contributed by atoms with van der Waals surface area (Å²) >= 11 is 5.82. The Morgan fingerprint density at radius 1 is 0.765 bits per heavy atom. The molecule has 2 rings (SSSR count). The van der Waals surface area contributed by atoms with Crippen molar-refractivity contribution in [3.63, 3.8) is 0 Å². The Bertz CT molecular complexity index is 383. The SMILES string of the molecule is CCC.Cc1ccc(-c2ccc(Cl)cc2)cc1. The van der Waals surface area contributed by atoms with Gasteiger partial charge in [-0.05, 0) is 30.2 Å². The average molecular weight is 247 g/mol. The molecule has 0 bridgehead atoms. The van der Waals surface area contributed by atoms with Crippen molar-refractivity contribution in [1.29, 1.82) is 0 Å². The molecule has 0 aliphatic heterocycles. The Morgan fingerprint density at radius 3 is 1.53 bits per heavy atom. The monoisotopic (exact) mass is 246 g/mol. The van der Waals surface area contributed by atoms with Gasteiger partial charge in [0.1, 0.15) is 0 Å². The minimum atomic E-state index is 0.779. The van der Waals surface area contributed by atoms with Crippen LogP contribution in [0.2, 0.25) is 5.02 Å². The van der Waals surface area contributed by atoms with Gasteiger partial charge in [0.15, 0.2) is 0 Å². The van der Waals surface area contributed by atoms with E-state index in [1.165, 1.54) is 23.1 Å². The molecule has 17 heavy (non-hydrogen) atoms. The molecule has 1 heteroatoms. The topological polar surface area (TPSA) is 0 Å². The summed E-state index contributed by atoms with van der Waals surface area (Å²) in [6.45, 7) is 6.34. The quantitative estimate of drug-likeness (QED) is 0.603. The highest BCUT2D eigenvalue weighted by atomic mass is 35.5. The summed E-state index contributed by atoms with van der Waals surface area (Å²) in [4.78, 5) is 0. The first-order valence-corrected chi connectivity index (χ1v) is 6.37. The number of aryl methyl sites for hydroxylation is 1. The Hall–Kier alpha value is -1.27. The third-order valence-electron chi connectivity index (χ3n) is 2.23. The van der Waals surface area contributed by atoms with Crippen LogP contribution < -0.4 is 0 Å². The smallest absolute Gasteiger partial charge is 0.0406 e. The third kappa shape index (κ3) is 4.62. The lowest BCUT2D eigenvalue weighted by Crippen LogP contribution is -1.77. The van der Waals surface area contributed by atoms with Gasteiger partial charge < -0.3 is 0 Å². The lowest BCUT2D eigenvalue weighted by atomic mass is 10.0. The molecule has 0 saturated heterocycles. The fourth-order valence-electron chi connectivity index (χ4n) is 1.39. The maximum absolute atomic E-state index is 5.82. The molecule has 0 amide bonds. The first-order valence-electron chi connectivity index (χ1n) is 6.00. The van der Waals surface area contributed by atoms with Crippen LogP contribution >= 0.6 is 11.6 Å². The maximum atomic E-state index is 5.82. The molecule has 0 N–H and O–H groups in total. The molecular weight excluding hydrogens is 228 g/mol. The predicted molar refractivity (Wildman–Crippen MR) is 77.6 cm³/mol. The summed E-state index contributed by atoms with van der Waals surface area (Å²) < 4.78 is 0. The average Bonchev–Trinajstić information content (AvgIpc) is 2.32. The van der Waals surface area contributed by atoms with Gasteiger partial charge in [-0.25, -0.2) is 0 Å². The number of hydrogen-bond donors (Lipinski definition) is 0. The highest BCUT2D eigenvalue weighted by Crippen LogP contribution is 2.21. The molecule has 0 aliphatic rings. The zero-order valence-corrected chi connectivity index (χ0v) is 11.5. The van der Waals surface area contributed by atoms with Crippen LogP contribution in [-0.2, 0) is 0 Å². The van der Waals surface area contributed by atoms with Gasteiger partial charge in [-0.15, -0.1) is 0 Å². The molecule has 0 spiro atoms. The summed E-state index contributed by atoms with van der Waals surface area (Å²) in [5.41, 5.74) is 3.71. The van der Waals surface area contributed by atoms with Crippen LogP contribution in [0.25, 0.3) is 11.1 Å². The Balaban J connectivity index is 0.000000437. The molecule has 0 unspecified atom stereocenters. The molecule has 0 fully saturated rings. The highest BCUT2D eigenvalue weighted by Gasteiger charge is 1.96. The molecule has 0 saturated carbocycles. The van der Waals surface area contributed by atoms with Crippen molar-refractivity contribution in [1.82, 2.24) is 0 Å². The van der Waals surface area contributed by atoms with Gasteiger partial charge in [-0.1, -0.05) is 73.8 Å². The first-order chi connectivity index (χ1) is 8.17. The lowest BCUT2D eigenvalue weighted by molar-refractivity contribution is 1.09. The van der Waals surface area contributed by atoms with Gasteiger partial charge in [0.05, 0.1) is 0 Å². The summed E-state index contributed by atoms with van der Waals surface area (Å²) in [6.07, 6.45) is 1.25. The fraction of sp³-hybridized carbons (Fsp3) is 0.250. The zero-order chi connectivity index (χ0) is 12.7. The summed E-state index contributed by atoms with van der Waals surface area (Å²) in [6, 6.07) is 16.4. The molecule has 90 valence electrons. The van der Waals surface area contributed by atoms with E-state index in [-0.39, 0.29) is 0 Å². The van der Waals surface area contributed by atoms with Crippen molar-refractivity contribution in [3.8, 4) is 11.1 Å². The van der Waals surface area contributed by atoms with Crippen molar-refractivity contribution < 1.29 is 0 Å². The van der Waals surface area contributed by atoms with E-state index in [0.29, 0.717) is 0 Å².